The van der Waals surface area contributed by atoms with Crippen molar-refractivity contribution in [1.82, 2.24) is 9.21 Å². The maximum Gasteiger partial charge on any atom is 0.245 e. The highest BCUT2D eigenvalue weighted by Gasteiger charge is 2.48. The van der Waals surface area contributed by atoms with E-state index < -0.39 is 10.0 Å². The number of sulfonamides is 1. The Morgan fingerprint density at radius 1 is 1.12 bits per heavy atom. The van der Waals surface area contributed by atoms with Crippen LogP contribution in [0.4, 0.5) is 0 Å². The van der Waals surface area contributed by atoms with Crippen molar-refractivity contribution in [2.45, 2.75) is 36.9 Å². The molecule has 4 rings (SSSR count). The molecular formula is C20H24N2O3S. The number of hydrogen-bond acceptors (Lipinski definition) is 4. The molecule has 2 aromatic carbocycles. The summed E-state index contributed by atoms with van der Waals surface area (Å²) < 4.78 is 34.0. The molecule has 2 atom stereocenters. The molecule has 138 valence electrons. The number of fused-ring (bicyclic) bond motifs is 1. The standard InChI is InChI=1S/C20H24N2O3S/c1-15-13-18(25-2)10-11-19(15)26(23,24)22-14-17-9-6-12-21(17)20(22)16-7-4-3-5-8-16/h3-5,7-8,10-11,13,17,20H,6,9,12,14H2,1-2H3. The summed E-state index contributed by atoms with van der Waals surface area (Å²) in [4.78, 5) is 2.70. The van der Waals surface area contributed by atoms with Gasteiger partial charge in [-0.05, 0) is 49.1 Å². The van der Waals surface area contributed by atoms with Crippen molar-refractivity contribution in [3.05, 3.63) is 59.7 Å². The summed E-state index contributed by atoms with van der Waals surface area (Å²) in [5, 5.41) is 0. The van der Waals surface area contributed by atoms with E-state index in [-0.39, 0.29) is 6.17 Å². The summed E-state index contributed by atoms with van der Waals surface area (Å²) in [7, 11) is -2.01. The van der Waals surface area contributed by atoms with Gasteiger partial charge in [-0.2, -0.15) is 4.31 Å². The minimum Gasteiger partial charge on any atom is -0.497 e. The average Bonchev–Trinajstić information content (AvgIpc) is 3.23. The van der Waals surface area contributed by atoms with Crippen LogP contribution in [0.15, 0.2) is 53.4 Å². The van der Waals surface area contributed by atoms with E-state index in [1.165, 1.54) is 0 Å². The Hall–Kier alpha value is -1.89. The zero-order chi connectivity index (χ0) is 18.3. The lowest BCUT2D eigenvalue weighted by Crippen LogP contribution is -2.35. The van der Waals surface area contributed by atoms with Crippen LogP contribution in [-0.2, 0) is 10.0 Å². The molecule has 0 spiro atoms. The molecule has 5 nitrogen and oxygen atoms in total. The van der Waals surface area contributed by atoms with E-state index in [2.05, 4.69) is 4.90 Å². The van der Waals surface area contributed by atoms with Gasteiger partial charge in [-0.25, -0.2) is 8.42 Å². The Balaban J connectivity index is 1.77. The number of ether oxygens (including phenoxy) is 1. The van der Waals surface area contributed by atoms with Gasteiger partial charge in [0.2, 0.25) is 10.0 Å². The summed E-state index contributed by atoms with van der Waals surface area (Å²) >= 11 is 0. The van der Waals surface area contributed by atoms with Crippen molar-refractivity contribution < 1.29 is 13.2 Å². The molecule has 2 unspecified atom stereocenters. The van der Waals surface area contributed by atoms with E-state index in [0.29, 0.717) is 28.8 Å². The first-order valence-electron chi connectivity index (χ1n) is 8.99. The second-order valence-electron chi connectivity index (χ2n) is 7.02. The second-order valence-corrected chi connectivity index (χ2v) is 8.88. The highest BCUT2D eigenvalue weighted by Crippen LogP contribution is 2.42. The molecule has 0 amide bonds. The Morgan fingerprint density at radius 3 is 2.58 bits per heavy atom. The highest BCUT2D eigenvalue weighted by molar-refractivity contribution is 7.89. The van der Waals surface area contributed by atoms with Crippen LogP contribution < -0.4 is 4.74 Å². The van der Waals surface area contributed by atoms with Gasteiger partial charge in [0.15, 0.2) is 0 Å². The zero-order valence-electron chi connectivity index (χ0n) is 15.1. The zero-order valence-corrected chi connectivity index (χ0v) is 15.9. The van der Waals surface area contributed by atoms with E-state index >= 15 is 0 Å². The van der Waals surface area contributed by atoms with Crippen LogP contribution in [0.3, 0.4) is 0 Å². The fraction of sp³-hybridized carbons (Fsp3) is 0.400. The lowest BCUT2D eigenvalue weighted by molar-refractivity contribution is 0.198. The molecule has 0 aliphatic carbocycles. The largest absolute Gasteiger partial charge is 0.497 e. The average molecular weight is 372 g/mol. The molecule has 2 saturated heterocycles. The van der Waals surface area contributed by atoms with Crippen molar-refractivity contribution in [3.63, 3.8) is 0 Å². The molecule has 0 N–H and O–H groups in total. The molecule has 0 radical (unpaired) electrons. The van der Waals surface area contributed by atoms with E-state index in [4.69, 9.17) is 4.74 Å². The molecule has 2 aliphatic heterocycles. The van der Waals surface area contributed by atoms with Crippen LogP contribution in [0.2, 0.25) is 0 Å². The molecule has 2 aliphatic rings. The van der Waals surface area contributed by atoms with Crippen LogP contribution in [-0.4, -0.2) is 43.9 Å². The lowest BCUT2D eigenvalue weighted by atomic mass is 10.1. The van der Waals surface area contributed by atoms with E-state index in [1.807, 2.05) is 37.3 Å². The minimum atomic E-state index is -3.60. The number of nitrogens with zero attached hydrogens (tertiary/aromatic N) is 2. The third-order valence-electron chi connectivity index (χ3n) is 5.47. The van der Waals surface area contributed by atoms with Gasteiger partial charge in [-0.15, -0.1) is 0 Å². The quantitative estimate of drug-likeness (QED) is 0.827. The molecule has 0 saturated carbocycles. The number of methoxy groups -OCH3 is 1. The van der Waals surface area contributed by atoms with Gasteiger partial charge in [0.05, 0.1) is 12.0 Å². The van der Waals surface area contributed by atoms with Gasteiger partial charge < -0.3 is 4.74 Å². The van der Waals surface area contributed by atoms with Crippen molar-refractivity contribution >= 4 is 10.0 Å². The molecule has 6 heteroatoms. The van der Waals surface area contributed by atoms with Gasteiger partial charge in [0.25, 0.3) is 0 Å². The van der Waals surface area contributed by atoms with E-state index in [9.17, 15) is 8.42 Å². The van der Waals surface area contributed by atoms with Crippen LogP contribution in [0, 0.1) is 6.92 Å². The van der Waals surface area contributed by atoms with E-state index in [0.717, 1.165) is 24.9 Å². The Morgan fingerprint density at radius 2 is 1.88 bits per heavy atom. The third-order valence-corrected chi connectivity index (χ3v) is 7.45. The maximum absolute atomic E-state index is 13.5. The number of aryl methyl sites for hydroxylation is 1. The van der Waals surface area contributed by atoms with Crippen LogP contribution >= 0.6 is 0 Å². The van der Waals surface area contributed by atoms with E-state index in [1.54, 1.807) is 29.6 Å². The first-order chi connectivity index (χ1) is 12.5. The fourth-order valence-electron chi connectivity index (χ4n) is 4.23. The number of rotatable bonds is 4. The number of benzene rings is 2. The van der Waals surface area contributed by atoms with Gasteiger partial charge in [0.1, 0.15) is 11.9 Å². The van der Waals surface area contributed by atoms with Gasteiger partial charge in [-0.1, -0.05) is 30.3 Å². The molecule has 0 bridgehead atoms. The topological polar surface area (TPSA) is 49.9 Å². The van der Waals surface area contributed by atoms with Crippen molar-refractivity contribution in [1.29, 1.82) is 0 Å². The summed E-state index contributed by atoms with van der Waals surface area (Å²) in [5.74, 6) is 0.670. The van der Waals surface area contributed by atoms with Crippen LogP contribution in [0.25, 0.3) is 0 Å². The molecule has 2 fully saturated rings. The summed E-state index contributed by atoms with van der Waals surface area (Å²) in [6.45, 7) is 3.31. The SMILES string of the molecule is COc1ccc(S(=O)(=O)N2CC3CCCN3C2c2ccccc2)c(C)c1. The molecule has 26 heavy (non-hydrogen) atoms. The van der Waals surface area contributed by atoms with Crippen molar-refractivity contribution in [2.75, 3.05) is 20.2 Å². The highest BCUT2D eigenvalue weighted by atomic mass is 32.2. The summed E-state index contributed by atoms with van der Waals surface area (Å²) in [6, 6.07) is 15.4. The van der Waals surface area contributed by atoms with Crippen LogP contribution in [0.1, 0.15) is 30.1 Å². The second kappa shape index (κ2) is 6.68. The molecule has 2 heterocycles. The molecule has 2 aromatic rings. The van der Waals surface area contributed by atoms with Crippen molar-refractivity contribution in [2.24, 2.45) is 0 Å². The Labute approximate surface area is 155 Å². The van der Waals surface area contributed by atoms with Gasteiger partial charge in [0, 0.05) is 19.1 Å². The maximum atomic E-state index is 13.5. The Kier molecular flexibility index (Phi) is 4.50. The molecular weight excluding hydrogens is 348 g/mol. The summed E-state index contributed by atoms with van der Waals surface area (Å²) in [5.41, 5.74) is 1.75. The van der Waals surface area contributed by atoms with Crippen molar-refractivity contribution in [3.8, 4) is 5.75 Å². The number of hydrogen-bond donors (Lipinski definition) is 0. The first-order valence-corrected chi connectivity index (χ1v) is 10.4. The summed E-state index contributed by atoms with van der Waals surface area (Å²) in [6.07, 6.45) is 1.95. The smallest absolute Gasteiger partial charge is 0.245 e. The third kappa shape index (κ3) is 2.82. The normalized spacial score (nSPS) is 23.9. The fourth-order valence-corrected chi connectivity index (χ4v) is 6.06. The van der Waals surface area contributed by atoms with Crippen LogP contribution in [0.5, 0.6) is 5.75 Å². The lowest BCUT2D eigenvalue weighted by Gasteiger charge is -2.29. The monoisotopic (exact) mass is 372 g/mol. The predicted molar refractivity (Wildman–Crippen MR) is 101 cm³/mol. The predicted octanol–water partition coefficient (Wildman–Crippen LogP) is 3.17. The van der Waals surface area contributed by atoms with Gasteiger partial charge in [-0.3, -0.25) is 4.90 Å². The Bertz CT molecular complexity index is 899. The van der Waals surface area contributed by atoms with Gasteiger partial charge >= 0.3 is 0 Å². The molecule has 0 aromatic heterocycles. The minimum absolute atomic E-state index is 0.227. The first kappa shape index (κ1) is 17.5.